The molecule has 2 aromatic heterocycles. The number of benzene rings is 2. The first kappa shape index (κ1) is 30.9. The molecular weight excluding hydrogens is 572 g/mol. The Hall–Kier alpha value is -4.55. The number of methoxy groups -OCH3 is 1. The summed E-state index contributed by atoms with van der Waals surface area (Å²) in [6.07, 6.45) is -0.659. The highest BCUT2D eigenvalue weighted by Gasteiger charge is 2.37. The first-order chi connectivity index (χ1) is 20.8. The van der Waals surface area contributed by atoms with Crippen molar-refractivity contribution in [2.45, 2.75) is 57.9 Å². The van der Waals surface area contributed by atoms with Crippen LogP contribution in [0.1, 0.15) is 60.4 Å². The molecule has 1 aliphatic heterocycles. The van der Waals surface area contributed by atoms with Gasteiger partial charge in [0.05, 0.1) is 31.1 Å². The SMILES string of the molecule is COc1cc(C(=O)NC2OC[C@@H](NC(C)=O)C[C@@H]2c2cc(C(C)(C)O)c(F)c(-c3ccc(F)cc3)n2)cc2cc(C)nnc12. The van der Waals surface area contributed by atoms with Crippen molar-refractivity contribution in [2.75, 3.05) is 13.7 Å². The van der Waals surface area contributed by atoms with Gasteiger partial charge in [0.1, 0.15) is 29.0 Å². The average Bonchev–Trinajstić information content (AvgIpc) is 2.97. The van der Waals surface area contributed by atoms with E-state index >= 15 is 4.39 Å². The van der Waals surface area contributed by atoms with Gasteiger partial charge in [0, 0.05) is 40.6 Å². The monoisotopic (exact) mass is 605 g/mol. The van der Waals surface area contributed by atoms with Gasteiger partial charge < -0.3 is 25.2 Å². The molecule has 44 heavy (non-hydrogen) atoms. The molecule has 1 saturated heterocycles. The minimum absolute atomic E-state index is 0.0377. The maximum absolute atomic E-state index is 15.8. The molecule has 4 aromatic rings. The number of carbonyl (C=O) groups is 2. The van der Waals surface area contributed by atoms with Gasteiger partial charge in [0.15, 0.2) is 5.82 Å². The summed E-state index contributed by atoms with van der Waals surface area (Å²) >= 11 is 0. The average molecular weight is 606 g/mol. The summed E-state index contributed by atoms with van der Waals surface area (Å²) in [6.45, 7) is 6.16. The van der Waals surface area contributed by atoms with Crippen molar-refractivity contribution in [1.29, 1.82) is 0 Å². The zero-order valence-corrected chi connectivity index (χ0v) is 24.9. The number of fused-ring (bicyclic) bond motifs is 1. The maximum Gasteiger partial charge on any atom is 0.253 e. The van der Waals surface area contributed by atoms with Crippen LogP contribution >= 0.6 is 0 Å². The van der Waals surface area contributed by atoms with Gasteiger partial charge in [0.2, 0.25) is 5.91 Å². The quantitative estimate of drug-likeness (QED) is 0.284. The molecule has 3 atom stereocenters. The summed E-state index contributed by atoms with van der Waals surface area (Å²) in [4.78, 5) is 30.1. The summed E-state index contributed by atoms with van der Waals surface area (Å²) in [6, 6.07) is 11.2. The van der Waals surface area contributed by atoms with E-state index in [1.165, 1.54) is 58.2 Å². The summed E-state index contributed by atoms with van der Waals surface area (Å²) in [5.74, 6) is -2.31. The predicted octanol–water partition coefficient (Wildman–Crippen LogP) is 4.28. The van der Waals surface area contributed by atoms with Crippen molar-refractivity contribution >= 4 is 22.7 Å². The van der Waals surface area contributed by atoms with Gasteiger partial charge in [-0.25, -0.2) is 13.8 Å². The van der Waals surface area contributed by atoms with Gasteiger partial charge in [-0.15, -0.1) is 5.10 Å². The second-order valence-corrected chi connectivity index (χ2v) is 11.4. The Morgan fingerprint density at radius 3 is 2.45 bits per heavy atom. The van der Waals surface area contributed by atoms with E-state index in [9.17, 15) is 19.1 Å². The van der Waals surface area contributed by atoms with E-state index in [0.717, 1.165) is 0 Å². The Kier molecular flexibility index (Phi) is 8.57. The molecule has 2 amide bonds. The first-order valence-corrected chi connectivity index (χ1v) is 14.0. The number of carbonyl (C=O) groups excluding carboxylic acids is 2. The molecule has 0 aliphatic carbocycles. The molecule has 5 rings (SSSR count). The summed E-state index contributed by atoms with van der Waals surface area (Å²) in [5.41, 5.74) is 0.320. The highest BCUT2D eigenvalue weighted by Crippen LogP contribution is 2.36. The first-order valence-electron chi connectivity index (χ1n) is 14.0. The number of hydrogen-bond acceptors (Lipinski definition) is 8. The third kappa shape index (κ3) is 6.51. The molecule has 0 radical (unpaired) electrons. The summed E-state index contributed by atoms with van der Waals surface area (Å²) < 4.78 is 41.1. The Morgan fingerprint density at radius 1 is 1.07 bits per heavy atom. The van der Waals surface area contributed by atoms with Gasteiger partial charge >= 0.3 is 0 Å². The van der Waals surface area contributed by atoms with Gasteiger partial charge in [-0.05, 0) is 75.7 Å². The standard InChI is InChI=1S/C32H33F2N5O5/c1-16-10-19-11-20(12-26(43-5)28(19)39-38-16)30(41)37-31-23(13-22(15-44-31)35-17(2)40)25-14-24(32(3,4)42)27(34)29(36-25)18-6-8-21(33)9-7-18/h6-12,14,22-23,31,42H,13,15H2,1-5H3,(H,35,40)(H,37,41)/t22-,23+,31?/m0/s1. The largest absolute Gasteiger partial charge is 0.494 e. The number of amides is 2. The molecule has 10 nitrogen and oxygen atoms in total. The van der Waals surface area contributed by atoms with Crippen LogP contribution in [0.25, 0.3) is 22.2 Å². The highest BCUT2D eigenvalue weighted by molar-refractivity contribution is 6.00. The van der Waals surface area contributed by atoms with Crippen LogP contribution in [0.4, 0.5) is 8.78 Å². The van der Waals surface area contributed by atoms with E-state index in [1.807, 2.05) is 0 Å². The fourth-order valence-electron chi connectivity index (χ4n) is 5.35. The number of aromatic nitrogens is 3. The maximum atomic E-state index is 15.8. The van der Waals surface area contributed by atoms with Crippen LogP contribution in [0.2, 0.25) is 0 Å². The van der Waals surface area contributed by atoms with E-state index in [4.69, 9.17) is 9.47 Å². The van der Waals surface area contributed by atoms with Crippen LogP contribution in [0, 0.1) is 18.6 Å². The number of hydrogen-bond donors (Lipinski definition) is 3. The van der Waals surface area contributed by atoms with Crippen LogP contribution in [-0.4, -0.2) is 58.1 Å². The second kappa shape index (κ2) is 12.2. The molecule has 1 fully saturated rings. The molecule has 230 valence electrons. The van der Waals surface area contributed by atoms with Crippen molar-refractivity contribution in [2.24, 2.45) is 0 Å². The van der Waals surface area contributed by atoms with Crippen LogP contribution < -0.4 is 15.4 Å². The van der Waals surface area contributed by atoms with E-state index in [2.05, 4.69) is 25.8 Å². The normalized spacial score (nSPS) is 18.6. The van der Waals surface area contributed by atoms with E-state index in [0.29, 0.717) is 33.6 Å². The third-order valence-electron chi connectivity index (χ3n) is 7.45. The molecule has 0 saturated carbocycles. The lowest BCUT2D eigenvalue weighted by atomic mass is 9.87. The van der Waals surface area contributed by atoms with Gasteiger partial charge in [-0.2, -0.15) is 5.10 Å². The number of nitrogens with zero attached hydrogens (tertiary/aromatic N) is 3. The molecule has 2 aromatic carbocycles. The van der Waals surface area contributed by atoms with Crippen molar-refractivity contribution < 1.29 is 33.0 Å². The van der Waals surface area contributed by atoms with Crippen LogP contribution in [0.15, 0.2) is 48.5 Å². The molecule has 12 heteroatoms. The van der Waals surface area contributed by atoms with Gasteiger partial charge in [-0.1, -0.05) is 0 Å². The predicted molar refractivity (Wildman–Crippen MR) is 158 cm³/mol. The Labute approximate surface area is 252 Å². The fraction of sp³-hybridized carbons (Fsp3) is 0.344. The van der Waals surface area contributed by atoms with Crippen LogP contribution in [-0.2, 0) is 15.1 Å². The molecular formula is C32H33F2N5O5. The van der Waals surface area contributed by atoms with Gasteiger partial charge in [0.25, 0.3) is 5.91 Å². The van der Waals surface area contributed by atoms with E-state index < -0.39 is 41.3 Å². The van der Waals surface area contributed by atoms with Crippen LogP contribution in [0.5, 0.6) is 5.75 Å². The third-order valence-corrected chi connectivity index (χ3v) is 7.45. The van der Waals surface area contributed by atoms with E-state index in [-0.39, 0.29) is 35.8 Å². The topological polar surface area (TPSA) is 136 Å². The number of rotatable bonds is 7. The Bertz CT molecular complexity index is 1730. The highest BCUT2D eigenvalue weighted by atomic mass is 19.1. The number of pyridine rings is 1. The minimum atomic E-state index is -1.61. The molecule has 3 heterocycles. The molecule has 0 bridgehead atoms. The molecule has 0 spiro atoms. The molecule has 3 N–H and O–H groups in total. The number of aliphatic hydroxyl groups is 1. The summed E-state index contributed by atoms with van der Waals surface area (Å²) in [7, 11) is 1.47. The molecule has 1 aliphatic rings. The van der Waals surface area contributed by atoms with Crippen molar-refractivity contribution in [3.05, 3.63) is 82.7 Å². The minimum Gasteiger partial charge on any atom is -0.494 e. The molecule has 1 unspecified atom stereocenters. The lowest BCUT2D eigenvalue weighted by molar-refractivity contribution is -0.121. The van der Waals surface area contributed by atoms with Crippen molar-refractivity contribution in [1.82, 2.24) is 25.8 Å². The van der Waals surface area contributed by atoms with Gasteiger partial charge in [-0.3, -0.25) is 9.59 Å². The number of ether oxygens (including phenoxy) is 2. The number of nitrogens with one attached hydrogen (secondary N) is 2. The smallest absolute Gasteiger partial charge is 0.253 e. The fourth-order valence-corrected chi connectivity index (χ4v) is 5.35. The number of halogens is 2. The van der Waals surface area contributed by atoms with Crippen molar-refractivity contribution in [3.8, 4) is 17.0 Å². The van der Waals surface area contributed by atoms with Crippen LogP contribution in [0.3, 0.4) is 0 Å². The van der Waals surface area contributed by atoms with E-state index in [1.54, 1.807) is 25.1 Å². The zero-order chi connectivity index (χ0) is 31.8. The lowest BCUT2D eigenvalue weighted by Crippen LogP contribution is -2.51. The Balaban J connectivity index is 1.57. The second-order valence-electron chi connectivity index (χ2n) is 11.4. The Morgan fingerprint density at radius 2 is 1.80 bits per heavy atom. The lowest BCUT2D eigenvalue weighted by Gasteiger charge is -2.37. The zero-order valence-electron chi connectivity index (χ0n) is 24.9. The summed E-state index contributed by atoms with van der Waals surface area (Å²) in [5, 5.41) is 25.5. The number of aryl methyl sites for hydroxylation is 1. The van der Waals surface area contributed by atoms with Crippen molar-refractivity contribution in [3.63, 3.8) is 0 Å².